The Kier molecular flexibility index (Phi) is 12.5. The molecule has 0 aromatic carbocycles. The lowest BCUT2D eigenvalue weighted by atomic mass is 10.1. The predicted molar refractivity (Wildman–Crippen MR) is 133 cm³/mol. The number of rotatable bonds is 14. The highest BCUT2D eigenvalue weighted by Crippen LogP contribution is 2.22. The van der Waals surface area contributed by atoms with Gasteiger partial charge < -0.3 is 15.8 Å². The van der Waals surface area contributed by atoms with Crippen LogP contribution in [0.3, 0.4) is 0 Å². The molecule has 0 atom stereocenters. The van der Waals surface area contributed by atoms with Crippen LogP contribution >= 0.6 is 0 Å². The molecule has 1 rings (SSSR count). The topological polar surface area (TPSA) is 83.7 Å². The van der Waals surface area contributed by atoms with Crippen LogP contribution in [0.1, 0.15) is 60.3 Å². The molecule has 1 heterocycles. The zero-order chi connectivity index (χ0) is 24.1. The van der Waals surface area contributed by atoms with Crippen LogP contribution in [-0.4, -0.2) is 49.5 Å². The smallest absolute Gasteiger partial charge is 0.242 e. The molecule has 7 nitrogen and oxygen atoms in total. The van der Waals surface area contributed by atoms with Crippen molar-refractivity contribution >= 4 is 11.7 Å². The summed E-state index contributed by atoms with van der Waals surface area (Å²) in [5.74, 6) is 2.78. The van der Waals surface area contributed by atoms with E-state index in [0.29, 0.717) is 24.0 Å². The average molecular weight is 446 g/mol. The quantitative estimate of drug-likeness (QED) is 0.416. The summed E-state index contributed by atoms with van der Waals surface area (Å²) in [6.07, 6.45) is 7.37. The lowest BCUT2D eigenvalue weighted by Crippen LogP contribution is -2.39. The molecule has 1 aromatic heterocycles. The van der Waals surface area contributed by atoms with Crippen molar-refractivity contribution in [1.82, 2.24) is 15.2 Å². The van der Waals surface area contributed by atoms with Crippen LogP contribution in [0.25, 0.3) is 0 Å². The Hall–Kier alpha value is -2.54. The number of carbonyl (C=O) groups excluding carboxylic acids is 1. The molecule has 180 valence electrons. The first-order valence-electron chi connectivity index (χ1n) is 11.6. The van der Waals surface area contributed by atoms with Crippen molar-refractivity contribution in [3.05, 3.63) is 41.6 Å². The Labute approximate surface area is 194 Å². The number of aromatic nitrogens is 1. The second kappa shape index (κ2) is 14.5. The fourth-order valence-electron chi connectivity index (χ4n) is 3.32. The number of hydrogen-bond donors (Lipinski definition) is 2. The third kappa shape index (κ3) is 9.73. The lowest BCUT2D eigenvalue weighted by Gasteiger charge is -2.24. The SMILES string of the molecule is C/C=C(\CC/C(NC)=C(\C)N)Oc1ccnc(N(C)C(=O)CN(CC)CCCC(C)C)c1. The van der Waals surface area contributed by atoms with E-state index in [1.807, 2.05) is 27.0 Å². The number of hydrogen-bond acceptors (Lipinski definition) is 6. The first-order valence-corrected chi connectivity index (χ1v) is 11.6. The molecule has 3 N–H and O–H groups in total. The molecule has 0 radical (unpaired) electrons. The van der Waals surface area contributed by atoms with Crippen LogP contribution in [0.15, 0.2) is 41.6 Å². The standard InChI is InChI=1S/C25H43N5O2/c1-8-21(12-13-23(27-6)20(5)26)32-22-14-15-28-24(17-22)29(7)25(31)18-30(9-2)16-10-11-19(3)4/h8,14-15,17,19,27H,9-13,16,18,26H2,1-7H3/b21-8+,23-20-. The van der Waals surface area contributed by atoms with Gasteiger partial charge in [0.05, 0.1) is 6.54 Å². The van der Waals surface area contributed by atoms with Gasteiger partial charge in [0.1, 0.15) is 17.3 Å². The molecule has 0 aliphatic heterocycles. The summed E-state index contributed by atoms with van der Waals surface area (Å²) >= 11 is 0. The first-order chi connectivity index (χ1) is 15.2. The number of ether oxygens (including phenoxy) is 1. The molecule has 0 aliphatic carbocycles. The molecule has 0 unspecified atom stereocenters. The van der Waals surface area contributed by atoms with E-state index >= 15 is 0 Å². The van der Waals surface area contributed by atoms with Crippen molar-refractivity contribution < 1.29 is 9.53 Å². The predicted octanol–water partition coefficient (Wildman–Crippen LogP) is 4.27. The van der Waals surface area contributed by atoms with Gasteiger partial charge >= 0.3 is 0 Å². The van der Waals surface area contributed by atoms with Crippen LogP contribution in [-0.2, 0) is 4.79 Å². The first kappa shape index (κ1) is 27.5. The number of pyridine rings is 1. The normalized spacial score (nSPS) is 12.7. The molecule has 7 heteroatoms. The average Bonchev–Trinajstić information content (AvgIpc) is 2.76. The third-order valence-corrected chi connectivity index (χ3v) is 5.47. The van der Waals surface area contributed by atoms with Gasteiger partial charge in [-0.1, -0.05) is 20.8 Å². The summed E-state index contributed by atoms with van der Waals surface area (Å²) < 4.78 is 6.07. The van der Waals surface area contributed by atoms with Crippen molar-refractivity contribution in [2.75, 3.05) is 38.6 Å². The van der Waals surface area contributed by atoms with E-state index in [0.717, 1.165) is 49.5 Å². The number of nitrogens with two attached hydrogens (primary N) is 1. The fraction of sp³-hybridized carbons (Fsp3) is 0.600. The largest absolute Gasteiger partial charge is 0.462 e. The summed E-state index contributed by atoms with van der Waals surface area (Å²) in [5, 5.41) is 3.13. The van der Waals surface area contributed by atoms with E-state index < -0.39 is 0 Å². The zero-order valence-corrected chi connectivity index (χ0v) is 21.1. The van der Waals surface area contributed by atoms with E-state index in [1.54, 1.807) is 30.3 Å². The van der Waals surface area contributed by atoms with Crippen molar-refractivity contribution in [2.24, 2.45) is 11.7 Å². The number of nitrogens with one attached hydrogen (secondary N) is 1. The molecule has 0 aliphatic rings. The number of amides is 1. The van der Waals surface area contributed by atoms with Crippen LogP contribution in [0, 0.1) is 5.92 Å². The molecule has 1 amide bonds. The van der Waals surface area contributed by atoms with Crippen molar-refractivity contribution in [3.8, 4) is 5.75 Å². The number of carbonyl (C=O) groups is 1. The van der Waals surface area contributed by atoms with Gasteiger partial charge in [-0.25, -0.2) is 4.98 Å². The second-order valence-electron chi connectivity index (χ2n) is 8.48. The maximum atomic E-state index is 12.8. The Morgan fingerprint density at radius 2 is 2.06 bits per heavy atom. The van der Waals surface area contributed by atoms with Gasteiger partial charge in [0.25, 0.3) is 0 Å². The van der Waals surface area contributed by atoms with Crippen LogP contribution in [0.4, 0.5) is 5.82 Å². The van der Waals surface area contributed by atoms with E-state index in [2.05, 4.69) is 36.0 Å². The molecule has 1 aromatic rings. The Morgan fingerprint density at radius 3 is 2.62 bits per heavy atom. The van der Waals surface area contributed by atoms with Crippen LogP contribution < -0.4 is 20.7 Å². The summed E-state index contributed by atoms with van der Waals surface area (Å²) in [5.41, 5.74) is 7.68. The maximum absolute atomic E-state index is 12.8. The van der Waals surface area contributed by atoms with E-state index in [9.17, 15) is 4.79 Å². The number of anilines is 1. The van der Waals surface area contributed by atoms with Gasteiger partial charge in [-0.3, -0.25) is 14.6 Å². The van der Waals surface area contributed by atoms with E-state index in [-0.39, 0.29) is 5.91 Å². The third-order valence-electron chi connectivity index (χ3n) is 5.47. The van der Waals surface area contributed by atoms with Crippen molar-refractivity contribution in [3.63, 3.8) is 0 Å². The Morgan fingerprint density at radius 1 is 1.34 bits per heavy atom. The molecule has 0 saturated heterocycles. The minimum absolute atomic E-state index is 0.0227. The Balaban J connectivity index is 2.75. The molecule has 32 heavy (non-hydrogen) atoms. The number of nitrogens with zero attached hydrogens (tertiary/aromatic N) is 3. The highest BCUT2D eigenvalue weighted by Gasteiger charge is 2.16. The Bertz CT molecular complexity index is 769. The summed E-state index contributed by atoms with van der Waals surface area (Å²) in [6, 6.07) is 3.61. The second-order valence-corrected chi connectivity index (χ2v) is 8.48. The minimum Gasteiger partial charge on any atom is -0.462 e. The molecule has 0 bridgehead atoms. The van der Waals surface area contributed by atoms with Gasteiger partial charge in [0.15, 0.2) is 0 Å². The molecule has 0 spiro atoms. The lowest BCUT2D eigenvalue weighted by molar-refractivity contribution is -0.119. The van der Waals surface area contributed by atoms with Gasteiger partial charge in [0, 0.05) is 44.2 Å². The zero-order valence-electron chi connectivity index (χ0n) is 21.1. The van der Waals surface area contributed by atoms with Crippen LogP contribution in [0.5, 0.6) is 5.75 Å². The monoisotopic (exact) mass is 445 g/mol. The highest BCUT2D eigenvalue weighted by molar-refractivity contribution is 5.93. The van der Waals surface area contributed by atoms with Gasteiger partial charge in [-0.2, -0.15) is 0 Å². The van der Waals surface area contributed by atoms with Gasteiger partial charge in [-0.15, -0.1) is 0 Å². The van der Waals surface area contributed by atoms with E-state index in [4.69, 9.17) is 10.5 Å². The number of likely N-dealkylation sites (N-methyl/N-ethyl adjacent to an activating group) is 2. The van der Waals surface area contributed by atoms with Crippen LogP contribution in [0.2, 0.25) is 0 Å². The van der Waals surface area contributed by atoms with Gasteiger partial charge in [0.2, 0.25) is 5.91 Å². The summed E-state index contributed by atoms with van der Waals surface area (Å²) in [4.78, 5) is 21.0. The highest BCUT2D eigenvalue weighted by atomic mass is 16.5. The maximum Gasteiger partial charge on any atom is 0.242 e. The summed E-state index contributed by atoms with van der Waals surface area (Å²) in [7, 11) is 3.63. The fourth-order valence-corrected chi connectivity index (χ4v) is 3.32. The van der Waals surface area contributed by atoms with Crippen molar-refractivity contribution in [1.29, 1.82) is 0 Å². The number of allylic oxidation sites excluding steroid dienone is 4. The minimum atomic E-state index is 0.0227. The molecular formula is C25H43N5O2. The molecule has 0 fully saturated rings. The van der Waals surface area contributed by atoms with Crippen molar-refractivity contribution in [2.45, 2.75) is 60.3 Å². The van der Waals surface area contributed by atoms with E-state index in [1.165, 1.54) is 6.42 Å². The summed E-state index contributed by atoms with van der Waals surface area (Å²) in [6.45, 7) is 12.5. The van der Waals surface area contributed by atoms with Gasteiger partial charge in [-0.05, 0) is 64.3 Å². The molecule has 0 saturated carbocycles. The molecular weight excluding hydrogens is 402 g/mol.